The Labute approximate surface area is 157 Å². The lowest BCUT2D eigenvalue weighted by atomic mass is 10.1. The maximum Gasteiger partial charge on any atom is 0.265 e. The number of fused-ring (bicyclic) bond motifs is 1. The number of thiophene rings is 2. The van der Waals surface area contributed by atoms with Crippen LogP contribution < -0.4 is 11.1 Å². The van der Waals surface area contributed by atoms with Gasteiger partial charge in [-0.1, -0.05) is 12.1 Å². The molecule has 4 rings (SSSR count). The van der Waals surface area contributed by atoms with E-state index < -0.39 is 0 Å². The molecule has 7 heteroatoms. The zero-order valence-electron chi connectivity index (χ0n) is 13.4. The normalized spacial score (nSPS) is 10.9. The Bertz CT molecular complexity index is 1080. The molecule has 0 unspecified atom stereocenters. The van der Waals surface area contributed by atoms with Gasteiger partial charge in [-0.25, -0.2) is 0 Å². The van der Waals surface area contributed by atoms with Gasteiger partial charge in [-0.05, 0) is 46.7 Å². The third kappa shape index (κ3) is 2.98. The van der Waals surface area contributed by atoms with Crippen molar-refractivity contribution in [1.82, 2.24) is 0 Å². The molecule has 4 aromatic rings. The quantitative estimate of drug-likeness (QED) is 0.300. The number of phenolic OH excluding ortho intramolecular Hbond substituents is 2. The molecule has 2 aromatic carbocycles. The number of amides is 1. The first-order chi connectivity index (χ1) is 12.5. The van der Waals surface area contributed by atoms with Gasteiger partial charge in [-0.3, -0.25) is 4.79 Å². The SMILES string of the molecule is Nc1ccc(-c2cccs2)cc1NC(=O)c1cc2cc(O)c(O)cc2s1. The summed E-state index contributed by atoms with van der Waals surface area (Å²) in [5.41, 5.74) is 8.02. The third-order valence-corrected chi connectivity index (χ3v) is 5.96. The predicted molar refractivity (Wildman–Crippen MR) is 107 cm³/mol. The van der Waals surface area contributed by atoms with Gasteiger partial charge in [0, 0.05) is 15.6 Å². The van der Waals surface area contributed by atoms with Gasteiger partial charge in [0.25, 0.3) is 5.91 Å². The summed E-state index contributed by atoms with van der Waals surface area (Å²) in [6.45, 7) is 0. The van der Waals surface area contributed by atoms with E-state index in [-0.39, 0.29) is 17.4 Å². The zero-order chi connectivity index (χ0) is 18.3. The lowest BCUT2D eigenvalue weighted by Gasteiger charge is -2.09. The van der Waals surface area contributed by atoms with Crippen molar-refractivity contribution in [2.75, 3.05) is 11.1 Å². The molecule has 2 aromatic heterocycles. The van der Waals surface area contributed by atoms with E-state index in [2.05, 4.69) is 5.32 Å². The average Bonchev–Trinajstić information content (AvgIpc) is 3.27. The number of nitrogens with two attached hydrogens (primary N) is 1. The highest BCUT2D eigenvalue weighted by Gasteiger charge is 2.14. The van der Waals surface area contributed by atoms with E-state index in [1.54, 1.807) is 23.5 Å². The highest BCUT2D eigenvalue weighted by molar-refractivity contribution is 7.21. The number of aromatic hydroxyl groups is 2. The van der Waals surface area contributed by atoms with Crippen molar-refractivity contribution in [3.05, 3.63) is 58.8 Å². The second-order valence-electron chi connectivity index (χ2n) is 5.72. The van der Waals surface area contributed by atoms with Crippen molar-refractivity contribution >= 4 is 50.0 Å². The molecule has 5 nitrogen and oxygen atoms in total. The number of hydrogen-bond donors (Lipinski definition) is 4. The molecule has 26 heavy (non-hydrogen) atoms. The van der Waals surface area contributed by atoms with Crippen LogP contribution in [0, 0.1) is 0 Å². The van der Waals surface area contributed by atoms with Gasteiger partial charge >= 0.3 is 0 Å². The Balaban J connectivity index is 1.65. The van der Waals surface area contributed by atoms with E-state index >= 15 is 0 Å². The van der Waals surface area contributed by atoms with Crippen molar-refractivity contribution in [2.24, 2.45) is 0 Å². The van der Waals surface area contributed by atoms with Crippen molar-refractivity contribution in [1.29, 1.82) is 0 Å². The largest absolute Gasteiger partial charge is 0.504 e. The van der Waals surface area contributed by atoms with Crippen molar-refractivity contribution < 1.29 is 15.0 Å². The van der Waals surface area contributed by atoms with Crippen LogP contribution in [-0.2, 0) is 0 Å². The summed E-state index contributed by atoms with van der Waals surface area (Å²) in [5.74, 6) is -0.713. The molecule has 0 saturated heterocycles. The summed E-state index contributed by atoms with van der Waals surface area (Å²) >= 11 is 2.85. The Hall–Kier alpha value is -3.03. The van der Waals surface area contributed by atoms with Gasteiger partial charge in [0.05, 0.1) is 16.3 Å². The van der Waals surface area contributed by atoms with Crippen LogP contribution in [0.25, 0.3) is 20.5 Å². The fourth-order valence-electron chi connectivity index (χ4n) is 2.62. The Morgan fingerprint density at radius 3 is 2.62 bits per heavy atom. The Kier molecular flexibility index (Phi) is 4.02. The summed E-state index contributed by atoms with van der Waals surface area (Å²) in [6, 6.07) is 14.1. The minimum Gasteiger partial charge on any atom is -0.504 e. The number of carbonyl (C=O) groups excluding carboxylic acids is 1. The van der Waals surface area contributed by atoms with Crippen molar-refractivity contribution in [2.45, 2.75) is 0 Å². The molecule has 2 heterocycles. The highest BCUT2D eigenvalue weighted by atomic mass is 32.1. The maximum absolute atomic E-state index is 12.6. The molecular weight excluding hydrogens is 368 g/mol. The second kappa shape index (κ2) is 6.36. The molecule has 0 aliphatic heterocycles. The van der Waals surface area contributed by atoms with Crippen LogP contribution in [0.5, 0.6) is 11.5 Å². The number of nitrogens with one attached hydrogen (secondary N) is 1. The standard InChI is InChI=1S/C19H14N2O3S2/c20-12-4-3-10(16-2-1-5-25-16)6-13(12)21-19(24)18-8-11-7-14(22)15(23)9-17(11)26-18/h1-9,22-23H,20H2,(H,21,24). The van der Waals surface area contributed by atoms with Crippen LogP contribution in [0.4, 0.5) is 11.4 Å². The van der Waals surface area contributed by atoms with Crippen LogP contribution in [0.3, 0.4) is 0 Å². The number of anilines is 2. The van der Waals surface area contributed by atoms with Crippen LogP contribution in [0.2, 0.25) is 0 Å². The van der Waals surface area contributed by atoms with Crippen LogP contribution >= 0.6 is 22.7 Å². The molecule has 0 bridgehead atoms. The Morgan fingerprint density at radius 2 is 1.85 bits per heavy atom. The smallest absolute Gasteiger partial charge is 0.265 e. The van der Waals surface area contributed by atoms with Gasteiger partial charge in [0.1, 0.15) is 0 Å². The van der Waals surface area contributed by atoms with E-state index in [1.807, 2.05) is 29.6 Å². The first-order valence-corrected chi connectivity index (χ1v) is 9.41. The molecule has 1 amide bonds. The molecular formula is C19H14N2O3S2. The summed E-state index contributed by atoms with van der Waals surface area (Å²) < 4.78 is 0.714. The third-order valence-electron chi connectivity index (χ3n) is 3.94. The fourth-order valence-corrected chi connectivity index (χ4v) is 4.32. The summed E-state index contributed by atoms with van der Waals surface area (Å²) in [6.07, 6.45) is 0. The summed E-state index contributed by atoms with van der Waals surface area (Å²) in [5, 5.41) is 24.7. The van der Waals surface area contributed by atoms with Crippen molar-refractivity contribution in [3.8, 4) is 21.9 Å². The molecule has 0 atom stereocenters. The molecule has 0 spiro atoms. The second-order valence-corrected chi connectivity index (χ2v) is 7.75. The summed E-state index contributed by atoms with van der Waals surface area (Å²) in [7, 11) is 0. The molecule has 0 aliphatic carbocycles. The van der Waals surface area contributed by atoms with E-state index in [0.29, 0.717) is 26.3 Å². The zero-order valence-corrected chi connectivity index (χ0v) is 15.0. The van der Waals surface area contributed by atoms with Gasteiger partial charge < -0.3 is 21.3 Å². The molecule has 0 fully saturated rings. The summed E-state index contributed by atoms with van der Waals surface area (Å²) in [4.78, 5) is 14.2. The van der Waals surface area contributed by atoms with Gasteiger partial charge in [-0.2, -0.15) is 0 Å². The molecule has 0 radical (unpaired) electrons. The van der Waals surface area contributed by atoms with Gasteiger partial charge in [-0.15, -0.1) is 22.7 Å². The lowest BCUT2D eigenvalue weighted by molar-refractivity contribution is 0.103. The minimum absolute atomic E-state index is 0.209. The van der Waals surface area contributed by atoms with E-state index in [1.165, 1.54) is 23.5 Å². The maximum atomic E-state index is 12.6. The number of carbonyl (C=O) groups is 1. The average molecular weight is 382 g/mol. The van der Waals surface area contributed by atoms with E-state index in [4.69, 9.17) is 5.73 Å². The number of benzene rings is 2. The molecule has 0 saturated carbocycles. The first-order valence-electron chi connectivity index (χ1n) is 7.71. The first kappa shape index (κ1) is 16.4. The number of rotatable bonds is 3. The van der Waals surface area contributed by atoms with Gasteiger partial charge in [0.2, 0.25) is 0 Å². The minimum atomic E-state index is -0.291. The topological polar surface area (TPSA) is 95.6 Å². The Morgan fingerprint density at radius 1 is 1.04 bits per heavy atom. The molecule has 130 valence electrons. The van der Waals surface area contributed by atoms with E-state index in [0.717, 1.165) is 10.4 Å². The van der Waals surface area contributed by atoms with Crippen LogP contribution in [-0.4, -0.2) is 16.1 Å². The highest BCUT2D eigenvalue weighted by Crippen LogP contribution is 2.36. The van der Waals surface area contributed by atoms with Gasteiger partial charge in [0.15, 0.2) is 11.5 Å². The van der Waals surface area contributed by atoms with Crippen molar-refractivity contribution in [3.63, 3.8) is 0 Å². The number of hydrogen-bond acceptors (Lipinski definition) is 6. The predicted octanol–water partition coefficient (Wildman–Crippen LogP) is 4.88. The lowest BCUT2D eigenvalue weighted by Crippen LogP contribution is -2.11. The number of phenols is 2. The number of nitrogen functional groups attached to an aromatic ring is 1. The molecule has 0 aliphatic rings. The fraction of sp³-hybridized carbons (Fsp3) is 0. The van der Waals surface area contributed by atoms with E-state index in [9.17, 15) is 15.0 Å². The molecule has 5 N–H and O–H groups in total. The van der Waals surface area contributed by atoms with Crippen LogP contribution in [0.1, 0.15) is 9.67 Å². The van der Waals surface area contributed by atoms with Crippen LogP contribution in [0.15, 0.2) is 53.9 Å². The monoisotopic (exact) mass is 382 g/mol.